The molecule has 2 unspecified atom stereocenters. The van der Waals surface area contributed by atoms with E-state index in [-0.39, 0.29) is 5.41 Å². The molecule has 0 saturated heterocycles. The second-order valence-corrected chi connectivity index (χ2v) is 6.92. The minimum absolute atomic E-state index is 0.207. The van der Waals surface area contributed by atoms with E-state index in [1.54, 1.807) is 22.3 Å². The van der Waals surface area contributed by atoms with Crippen molar-refractivity contribution in [3.05, 3.63) is 46.6 Å². The lowest BCUT2D eigenvalue weighted by Crippen LogP contribution is -2.23. The summed E-state index contributed by atoms with van der Waals surface area (Å²) in [6.45, 7) is 11.6. The summed E-state index contributed by atoms with van der Waals surface area (Å²) in [5.41, 5.74) is 6.78. The average Bonchev–Trinajstić information content (AvgIpc) is 3.09. The van der Waals surface area contributed by atoms with Crippen LogP contribution in [0.3, 0.4) is 0 Å². The van der Waals surface area contributed by atoms with E-state index in [4.69, 9.17) is 0 Å². The summed E-state index contributed by atoms with van der Waals surface area (Å²) in [5.74, 6) is 0.674. The lowest BCUT2D eigenvalue weighted by Gasteiger charge is -2.34. The Hall–Kier alpha value is -1.04. The van der Waals surface area contributed by atoms with Crippen LogP contribution in [0, 0.1) is 11.3 Å². The van der Waals surface area contributed by atoms with Gasteiger partial charge in [0.2, 0.25) is 0 Å². The van der Waals surface area contributed by atoms with Gasteiger partial charge in [0, 0.05) is 11.3 Å². The third-order valence-corrected chi connectivity index (χ3v) is 5.44. The molecule has 2 atom stereocenters. The molecule has 0 bridgehead atoms. The van der Waals surface area contributed by atoms with Gasteiger partial charge in [0.15, 0.2) is 0 Å². The fourth-order valence-corrected chi connectivity index (χ4v) is 4.54. The summed E-state index contributed by atoms with van der Waals surface area (Å²) in [4.78, 5) is 0. The molecule has 0 radical (unpaired) electrons. The Bertz CT molecular complexity index is 512. The van der Waals surface area contributed by atoms with Crippen LogP contribution in [-0.4, -0.2) is 0 Å². The van der Waals surface area contributed by atoms with Gasteiger partial charge in [-0.1, -0.05) is 82.9 Å². The summed E-state index contributed by atoms with van der Waals surface area (Å²) < 4.78 is 0. The largest absolute Gasteiger partial charge is 0.0702 e. The minimum atomic E-state index is 0.207. The van der Waals surface area contributed by atoms with Crippen molar-refractivity contribution in [2.75, 3.05) is 0 Å². The molecule has 0 aromatic rings. The molecule has 0 aliphatic heterocycles. The third-order valence-electron chi connectivity index (χ3n) is 5.44. The van der Waals surface area contributed by atoms with E-state index < -0.39 is 0 Å². The quantitative estimate of drug-likeness (QED) is 0.446. The zero-order valence-electron chi connectivity index (χ0n) is 15.3. The lowest BCUT2D eigenvalue weighted by atomic mass is 9.70. The molecule has 22 heavy (non-hydrogen) atoms. The number of allylic oxidation sites excluding steroid dienone is 8. The van der Waals surface area contributed by atoms with Crippen LogP contribution in [0.1, 0.15) is 79.6 Å². The zero-order valence-corrected chi connectivity index (χ0v) is 15.3. The van der Waals surface area contributed by atoms with Crippen molar-refractivity contribution in [1.82, 2.24) is 0 Å². The van der Waals surface area contributed by atoms with E-state index in [1.807, 2.05) is 0 Å². The topological polar surface area (TPSA) is 0 Å². The maximum absolute atomic E-state index is 2.61. The Labute approximate surface area is 138 Å². The van der Waals surface area contributed by atoms with Crippen LogP contribution in [0.25, 0.3) is 0 Å². The summed E-state index contributed by atoms with van der Waals surface area (Å²) in [7, 11) is 0. The van der Waals surface area contributed by atoms with Gasteiger partial charge < -0.3 is 0 Å². The van der Waals surface area contributed by atoms with Crippen LogP contribution in [0.5, 0.6) is 0 Å². The molecule has 0 amide bonds. The van der Waals surface area contributed by atoms with Gasteiger partial charge in [-0.2, -0.15) is 0 Å². The maximum atomic E-state index is 2.61. The molecule has 0 fully saturated rings. The highest BCUT2D eigenvalue weighted by Crippen LogP contribution is 2.52. The molecule has 0 spiro atoms. The molecule has 2 aliphatic carbocycles. The summed E-state index contributed by atoms with van der Waals surface area (Å²) in [6, 6.07) is 0. The van der Waals surface area contributed by atoms with E-state index in [0.29, 0.717) is 5.92 Å². The maximum Gasteiger partial charge on any atom is 0.0291 e. The fourth-order valence-electron chi connectivity index (χ4n) is 4.54. The van der Waals surface area contributed by atoms with Crippen LogP contribution in [0.4, 0.5) is 0 Å². The molecule has 0 N–H and O–H groups in total. The van der Waals surface area contributed by atoms with Gasteiger partial charge in [-0.15, -0.1) is 0 Å². The van der Waals surface area contributed by atoms with Gasteiger partial charge in [0.05, 0.1) is 0 Å². The second kappa shape index (κ2) is 7.49. The molecule has 2 aliphatic rings. The zero-order chi connectivity index (χ0) is 16.2. The Morgan fingerprint density at radius 1 is 1.00 bits per heavy atom. The lowest BCUT2D eigenvalue weighted by molar-refractivity contribution is 0.462. The highest BCUT2D eigenvalue weighted by Gasteiger charge is 2.39. The van der Waals surface area contributed by atoms with E-state index in [2.05, 4.69) is 58.9 Å². The minimum Gasteiger partial charge on any atom is -0.0702 e. The normalized spacial score (nSPS) is 27.6. The van der Waals surface area contributed by atoms with Crippen molar-refractivity contribution in [2.24, 2.45) is 11.3 Å². The SMILES string of the molecule is CCCC1=CC(CCC)(C2=C(CC)C=C(CC)C2CC)C=C1. The van der Waals surface area contributed by atoms with Crippen LogP contribution in [0.2, 0.25) is 0 Å². The Morgan fingerprint density at radius 3 is 2.32 bits per heavy atom. The standard InChI is InChI=1S/C22H34/c1-6-11-17-12-14-22(16-17,13-7-2)21-19(9-4)15-18(8-3)20(21)10-5/h12,14-16,20H,6-11,13H2,1-5H3. The molecule has 0 heterocycles. The highest BCUT2D eigenvalue weighted by atomic mass is 14.4. The van der Waals surface area contributed by atoms with Gasteiger partial charge in [0.1, 0.15) is 0 Å². The predicted octanol–water partition coefficient (Wildman–Crippen LogP) is 7.15. The first kappa shape index (κ1) is 17.3. The summed E-state index contributed by atoms with van der Waals surface area (Å²) in [5, 5.41) is 0. The number of hydrogen-bond donors (Lipinski definition) is 0. The summed E-state index contributed by atoms with van der Waals surface area (Å²) >= 11 is 0. The van der Waals surface area contributed by atoms with Crippen LogP contribution in [0.15, 0.2) is 46.6 Å². The first-order chi connectivity index (χ1) is 10.7. The average molecular weight is 299 g/mol. The Kier molecular flexibility index (Phi) is 5.89. The van der Waals surface area contributed by atoms with Crippen molar-refractivity contribution in [1.29, 1.82) is 0 Å². The van der Waals surface area contributed by atoms with Gasteiger partial charge in [0.25, 0.3) is 0 Å². The van der Waals surface area contributed by atoms with Crippen LogP contribution in [-0.2, 0) is 0 Å². The van der Waals surface area contributed by atoms with Crippen molar-refractivity contribution in [3.8, 4) is 0 Å². The van der Waals surface area contributed by atoms with Crippen LogP contribution < -0.4 is 0 Å². The second-order valence-electron chi connectivity index (χ2n) is 6.92. The van der Waals surface area contributed by atoms with E-state index >= 15 is 0 Å². The van der Waals surface area contributed by atoms with Crippen LogP contribution >= 0.6 is 0 Å². The van der Waals surface area contributed by atoms with Gasteiger partial charge in [-0.3, -0.25) is 0 Å². The molecular weight excluding hydrogens is 264 g/mol. The fraction of sp³-hybridized carbons (Fsp3) is 0.636. The van der Waals surface area contributed by atoms with Crippen molar-refractivity contribution in [2.45, 2.75) is 79.6 Å². The first-order valence-corrected chi connectivity index (χ1v) is 9.50. The van der Waals surface area contributed by atoms with E-state index in [9.17, 15) is 0 Å². The first-order valence-electron chi connectivity index (χ1n) is 9.50. The molecule has 0 aromatic heterocycles. The van der Waals surface area contributed by atoms with Gasteiger partial charge >= 0.3 is 0 Å². The number of hydrogen-bond acceptors (Lipinski definition) is 0. The molecule has 122 valence electrons. The molecule has 0 aromatic carbocycles. The number of rotatable bonds is 8. The molecule has 0 nitrogen and oxygen atoms in total. The van der Waals surface area contributed by atoms with Gasteiger partial charge in [-0.05, 0) is 43.3 Å². The highest BCUT2D eigenvalue weighted by molar-refractivity contribution is 5.53. The van der Waals surface area contributed by atoms with Crippen molar-refractivity contribution < 1.29 is 0 Å². The van der Waals surface area contributed by atoms with Crippen molar-refractivity contribution >= 4 is 0 Å². The van der Waals surface area contributed by atoms with E-state index in [1.165, 1.54) is 44.9 Å². The Morgan fingerprint density at radius 2 is 1.77 bits per heavy atom. The monoisotopic (exact) mass is 298 g/mol. The summed E-state index contributed by atoms with van der Waals surface area (Å²) in [6.07, 6.45) is 18.7. The van der Waals surface area contributed by atoms with Gasteiger partial charge in [-0.25, -0.2) is 0 Å². The Balaban J connectivity index is 2.47. The smallest absolute Gasteiger partial charge is 0.0291 e. The third kappa shape index (κ3) is 3.03. The van der Waals surface area contributed by atoms with Crippen molar-refractivity contribution in [3.63, 3.8) is 0 Å². The predicted molar refractivity (Wildman–Crippen MR) is 98.9 cm³/mol. The molecule has 2 rings (SSSR count). The van der Waals surface area contributed by atoms with E-state index in [0.717, 1.165) is 0 Å². The molecule has 0 heteroatoms. The molecular formula is C22H34. The molecule has 0 saturated carbocycles.